The molecule has 1 amide bonds. The van der Waals surface area contributed by atoms with E-state index >= 15 is 0 Å². The summed E-state index contributed by atoms with van der Waals surface area (Å²) in [5.74, 6) is -0.580. The van der Waals surface area contributed by atoms with Crippen LogP contribution in [-0.4, -0.2) is 34.5 Å². The molecule has 1 unspecified atom stereocenters. The lowest BCUT2D eigenvalue weighted by Gasteiger charge is -2.32. The minimum absolute atomic E-state index is 0.108. The molecule has 1 aliphatic rings. The third-order valence-corrected chi connectivity index (χ3v) is 3.53. The van der Waals surface area contributed by atoms with Crippen molar-refractivity contribution < 1.29 is 27.9 Å². The minimum Gasteiger partial charge on any atom is -0.465 e. The van der Waals surface area contributed by atoms with Crippen LogP contribution in [0.3, 0.4) is 0 Å². The number of alkyl halides is 3. The number of hydrogen-bond donors (Lipinski definition) is 1. The molecule has 2 rings (SSSR count). The van der Waals surface area contributed by atoms with Gasteiger partial charge in [0.1, 0.15) is 0 Å². The van der Waals surface area contributed by atoms with Crippen LogP contribution in [0.25, 0.3) is 0 Å². The zero-order valence-corrected chi connectivity index (χ0v) is 11.1. The van der Waals surface area contributed by atoms with Gasteiger partial charge in [-0.2, -0.15) is 13.2 Å². The van der Waals surface area contributed by atoms with Crippen molar-refractivity contribution in [2.24, 2.45) is 0 Å². The second-order valence-corrected chi connectivity index (χ2v) is 4.93. The number of carbonyl (C=O) groups excluding carboxylic acids is 1. The van der Waals surface area contributed by atoms with E-state index < -0.39 is 29.7 Å². The van der Waals surface area contributed by atoms with Crippen LogP contribution in [0.4, 0.5) is 18.0 Å². The molecule has 0 radical (unpaired) electrons. The highest BCUT2D eigenvalue weighted by Gasteiger charge is 2.35. The van der Waals surface area contributed by atoms with E-state index in [1.807, 2.05) is 0 Å². The topological polar surface area (TPSA) is 57.6 Å². The van der Waals surface area contributed by atoms with Crippen LogP contribution in [-0.2, 0) is 6.18 Å². The average Bonchev–Trinajstić information content (AvgIpc) is 2.45. The van der Waals surface area contributed by atoms with Gasteiger partial charge < -0.3 is 5.11 Å². The molecule has 114 valence electrons. The largest absolute Gasteiger partial charge is 0.465 e. The van der Waals surface area contributed by atoms with Gasteiger partial charge in [-0.25, -0.2) is 4.79 Å². The van der Waals surface area contributed by atoms with Crippen LogP contribution in [0, 0.1) is 0 Å². The number of benzene rings is 1. The van der Waals surface area contributed by atoms with E-state index in [0.29, 0.717) is 19.3 Å². The Labute approximate surface area is 119 Å². The molecule has 1 saturated heterocycles. The van der Waals surface area contributed by atoms with E-state index in [1.165, 1.54) is 6.07 Å². The summed E-state index contributed by atoms with van der Waals surface area (Å²) in [4.78, 5) is 24.4. The number of carboxylic acid groups (broad SMARTS) is 1. The van der Waals surface area contributed by atoms with Crippen molar-refractivity contribution in [1.29, 1.82) is 0 Å². The Bertz CT molecular complexity index is 557. The SMILES string of the molecule is O=C(c1cccc(C(F)(F)F)c1)C1CCCCN1C(=O)O. The van der Waals surface area contributed by atoms with Gasteiger partial charge in [0.15, 0.2) is 5.78 Å². The van der Waals surface area contributed by atoms with Crippen molar-refractivity contribution in [1.82, 2.24) is 4.90 Å². The molecule has 1 aromatic carbocycles. The van der Waals surface area contributed by atoms with Gasteiger partial charge in [0, 0.05) is 12.1 Å². The second-order valence-electron chi connectivity index (χ2n) is 4.93. The molecule has 0 saturated carbocycles. The van der Waals surface area contributed by atoms with Crippen LogP contribution in [0.15, 0.2) is 24.3 Å². The molecule has 0 aliphatic carbocycles. The van der Waals surface area contributed by atoms with Crippen molar-refractivity contribution in [2.75, 3.05) is 6.54 Å². The molecule has 1 atom stereocenters. The summed E-state index contributed by atoms with van der Waals surface area (Å²) in [5.41, 5.74) is -1.02. The lowest BCUT2D eigenvalue weighted by Crippen LogP contribution is -2.47. The average molecular weight is 301 g/mol. The van der Waals surface area contributed by atoms with Gasteiger partial charge in [-0.05, 0) is 31.4 Å². The highest BCUT2D eigenvalue weighted by molar-refractivity contribution is 6.01. The smallest absolute Gasteiger partial charge is 0.416 e. The molecule has 1 aliphatic heterocycles. The van der Waals surface area contributed by atoms with Crippen molar-refractivity contribution in [3.8, 4) is 0 Å². The Morgan fingerprint density at radius 3 is 2.57 bits per heavy atom. The molecule has 0 aromatic heterocycles. The summed E-state index contributed by atoms with van der Waals surface area (Å²) in [6.07, 6.45) is -4.09. The first kappa shape index (κ1) is 15.3. The number of piperidine rings is 1. The highest BCUT2D eigenvalue weighted by Crippen LogP contribution is 2.30. The van der Waals surface area contributed by atoms with Gasteiger partial charge in [0.25, 0.3) is 0 Å². The van der Waals surface area contributed by atoms with Gasteiger partial charge in [-0.3, -0.25) is 9.69 Å². The molecule has 1 N–H and O–H groups in total. The summed E-state index contributed by atoms with van der Waals surface area (Å²) >= 11 is 0. The third-order valence-electron chi connectivity index (χ3n) is 3.53. The maximum absolute atomic E-state index is 12.7. The zero-order chi connectivity index (χ0) is 15.6. The van der Waals surface area contributed by atoms with E-state index in [4.69, 9.17) is 5.11 Å². The number of carbonyl (C=O) groups is 2. The fourth-order valence-electron chi connectivity index (χ4n) is 2.47. The summed E-state index contributed by atoms with van der Waals surface area (Å²) in [6.45, 7) is 0.227. The fourth-order valence-corrected chi connectivity index (χ4v) is 2.47. The van der Waals surface area contributed by atoms with Crippen molar-refractivity contribution in [2.45, 2.75) is 31.5 Å². The lowest BCUT2D eigenvalue weighted by molar-refractivity contribution is -0.137. The van der Waals surface area contributed by atoms with Crippen LogP contribution in [0.5, 0.6) is 0 Å². The number of ketones is 1. The van der Waals surface area contributed by atoms with Gasteiger partial charge in [0.05, 0.1) is 11.6 Å². The molecular formula is C14H14F3NO3. The van der Waals surface area contributed by atoms with Crippen LogP contribution in [0.1, 0.15) is 35.2 Å². The van der Waals surface area contributed by atoms with Gasteiger partial charge >= 0.3 is 12.3 Å². The number of likely N-dealkylation sites (tertiary alicyclic amines) is 1. The summed E-state index contributed by atoms with van der Waals surface area (Å²) < 4.78 is 38.0. The van der Waals surface area contributed by atoms with Gasteiger partial charge in [0.2, 0.25) is 0 Å². The van der Waals surface area contributed by atoms with E-state index in [-0.39, 0.29) is 12.1 Å². The maximum atomic E-state index is 12.7. The molecular weight excluding hydrogens is 287 g/mol. The molecule has 0 spiro atoms. The van der Waals surface area contributed by atoms with Crippen molar-refractivity contribution in [3.63, 3.8) is 0 Å². The summed E-state index contributed by atoms with van der Waals surface area (Å²) in [7, 11) is 0. The normalized spacial score (nSPS) is 19.4. The molecule has 7 heteroatoms. The first-order valence-corrected chi connectivity index (χ1v) is 6.52. The summed E-state index contributed by atoms with van der Waals surface area (Å²) in [6, 6.07) is 3.19. The first-order chi connectivity index (χ1) is 9.80. The molecule has 1 fully saturated rings. The number of nitrogens with zero attached hydrogens (tertiary/aromatic N) is 1. The monoisotopic (exact) mass is 301 g/mol. The Morgan fingerprint density at radius 1 is 1.24 bits per heavy atom. The number of rotatable bonds is 2. The van der Waals surface area contributed by atoms with E-state index in [9.17, 15) is 22.8 Å². The number of Topliss-reactive ketones (excluding diaryl/α,β-unsaturated/α-hetero) is 1. The molecule has 1 heterocycles. The lowest BCUT2D eigenvalue weighted by atomic mass is 9.94. The third kappa shape index (κ3) is 3.34. The Kier molecular flexibility index (Phi) is 4.20. The fraction of sp³-hybridized carbons (Fsp3) is 0.429. The minimum atomic E-state index is -4.53. The van der Waals surface area contributed by atoms with Gasteiger partial charge in [-0.15, -0.1) is 0 Å². The van der Waals surface area contributed by atoms with Crippen molar-refractivity contribution in [3.05, 3.63) is 35.4 Å². The number of amides is 1. The van der Waals surface area contributed by atoms with Crippen LogP contribution < -0.4 is 0 Å². The molecule has 21 heavy (non-hydrogen) atoms. The van der Waals surface area contributed by atoms with E-state index in [2.05, 4.69) is 0 Å². The Balaban J connectivity index is 2.28. The Hall–Kier alpha value is -2.05. The van der Waals surface area contributed by atoms with Crippen molar-refractivity contribution >= 4 is 11.9 Å². The van der Waals surface area contributed by atoms with Crippen LogP contribution >= 0.6 is 0 Å². The second kappa shape index (κ2) is 5.75. The van der Waals surface area contributed by atoms with E-state index in [0.717, 1.165) is 23.1 Å². The highest BCUT2D eigenvalue weighted by atomic mass is 19.4. The molecule has 1 aromatic rings. The van der Waals surface area contributed by atoms with E-state index in [1.54, 1.807) is 0 Å². The maximum Gasteiger partial charge on any atom is 0.416 e. The number of hydrogen-bond acceptors (Lipinski definition) is 2. The molecule has 4 nitrogen and oxygen atoms in total. The first-order valence-electron chi connectivity index (χ1n) is 6.52. The number of halogens is 3. The summed E-state index contributed by atoms with van der Waals surface area (Å²) in [5, 5.41) is 9.08. The zero-order valence-electron chi connectivity index (χ0n) is 11.1. The Morgan fingerprint density at radius 2 is 1.95 bits per heavy atom. The predicted molar refractivity (Wildman–Crippen MR) is 68.1 cm³/mol. The quantitative estimate of drug-likeness (QED) is 0.851. The van der Waals surface area contributed by atoms with Gasteiger partial charge in [-0.1, -0.05) is 12.1 Å². The standard InChI is InChI=1S/C14H14F3NO3/c15-14(16,17)10-5-3-4-9(8-10)12(19)11-6-1-2-7-18(11)13(20)21/h3-5,8,11H,1-2,6-7H2,(H,20,21). The predicted octanol–water partition coefficient (Wildman–Crippen LogP) is 3.42. The molecule has 0 bridgehead atoms. The van der Waals surface area contributed by atoms with Crippen LogP contribution in [0.2, 0.25) is 0 Å².